The molecule has 4 nitrogen and oxygen atoms in total. The summed E-state index contributed by atoms with van der Waals surface area (Å²) in [5, 5.41) is -7.75. The molecule has 0 unspecified atom stereocenters. The van der Waals surface area contributed by atoms with Gasteiger partial charge in [0.2, 0.25) is 0 Å². The molecule has 0 aliphatic rings. The minimum Gasteiger partial charge on any atom is -0.399 e. The maximum absolute atomic E-state index is 13.8. The highest BCUT2D eigenvalue weighted by Crippen LogP contribution is 2.64. The molecule has 22 heteroatoms. The topological polar surface area (TPSA) is 69.4 Å². The van der Waals surface area contributed by atoms with Crippen molar-refractivity contribution >= 4 is 15.8 Å². The number of hydrogen-bond donors (Lipinski definition) is 1. The Morgan fingerprint density at radius 1 is 0.583 bits per heavy atom. The summed E-state index contributed by atoms with van der Waals surface area (Å²) >= 11 is 0. The summed E-state index contributed by atoms with van der Waals surface area (Å²) in [6.07, 6.45) is -7.90. The average molecular weight is 591 g/mol. The Hall–Kier alpha value is -2.42. The highest BCUT2D eigenvalue weighted by molar-refractivity contribution is 7.88. The largest absolute Gasteiger partial charge is 0.460 e. The van der Waals surface area contributed by atoms with Crippen LogP contribution < -0.4 is 9.92 Å². The second kappa shape index (κ2) is 8.30. The van der Waals surface area contributed by atoms with Gasteiger partial charge >= 0.3 is 57.1 Å². The van der Waals surface area contributed by atoms with Gasteiger partial charge in [0.1, 0.15) is 5.75 Å². The molecule has 1 aromatic carbocycles. The van der Waals surface area contributed by atoms with E-state index in [0.29, 0.717) is 12.1 Å². The van der Waals surface area contributed by atoms with Crippen LogP contribution in [-0.4, -0.2) is 55.4 Å². The maximum Gasteiger partial charge on any atom is 0.460 e. The first-order chi connectivity index (χ1) is 15.5. The van der Waals surface area contributed by atoms with E-state index in [4.69, 9.17) is 5.73 Å². The lowest BCUT2D eigenvalue weighted by Crippen LogP contribution is -2.75. The number of anilines is 1. The molecule has 0 aliphatic carbocycles. The van der Waals surface area contributed by atoms with E-state index >= 15 is 0 Å². The van der Waals surface area contributed by atoms with Gasteiger partial charge < -0.3 is 9.92 Å². The third-order valence-corrected chi connectivity index (χ3v) is 5.37. The molecule has 0 aliphatic heterocycles. The minimum absolute atomic E-state index is 0.229. The molecule has 0 amide bonds. The molecule has 0 spiro atoms. The summed E-state index contributed by atoms with van der Waals surface area (Å²) in [6, 6.07) is 2.05. The molecule has 0 aromatic heterocycles. The van der Waals surface area contributed by atoms with E-state index in [-0.39, 0.29) is 6.07 Å². The SMILES string of the molecule is Nc1cccc(OS(=O)(=O)C(F)(F)C(F)(F)C(F)(F)C(F)(F)C(F)(F)C(F)(F)C(F)(F)C(F)(F)F)c1. The number of benzene rings is 1. The zero-order valence-corrected chi connectivity index (χ0v) is 16.8. The van der Waals surface area contributed by atoms with E-state index in [0.717, 1.165) is 6.07 Å². The number of nitrogen functional groups attached to an aromatic ring is 1. The summed E-state index contributed by atoms with van der Waals surface area (Å²) < 4.78 is 250. The van der Waals surface area contributed by atoms with Crippen LogP contribution in [0.4, 0.5) is 80.3 Å². The molecule has 36 heavy (non-hydrogen) atoms. The Morgan fingerprint density at radius 3 is 1.31 bits per heavy atom. The van der Waals surface area contributed by atoms with Gasteiger partial charge in [0.05, 0.1) is 0 Å². The van der Waals surface area contributed by atoms with E-state index in [1.165, 1.54) is 0 Å². The molecule has 0 fully saturated rings. The Labute approximate surface area is 186 Å². The van der Waals surface area contributed by atoms with Gasteiger partial charge in [-0.1, -0.05) is 6.07 Å². The van der Waals surface area contributed by atoms with Crippen molar-refractivity contribution in [3.05, 3.63) is 24.3 Å². The summed E-state index contributed by atoms with van der Waals surface area (Å²) in [4.78, 5) is 0. The molecule has 210 valence electrons. The number of nitrogens with two attached hydrogens (primary N) is 1. The second-order valence-corrected chi connectivity index (χ2v) is 8.16. The third kappa shape index (κ3) is 4.13. The van der Waals surface area contributed by atoms with Crippen molar-refractivity contribution in [3.8, 4) is 5.75 Å². The Balaban J connectivity index is 3.69. The zero-order chi connectivity index (χ0) is 29.2. The second-order valence-electron chi connectivity index (χ2n) is 6.57. The quantitative estimate of drug-likeness (QED) is 0.219. The van der Waals surface area contributed by atoms with Crippen molar-refractivity contribution in [2.24, 2.45) is 0 Å². The van der Waals surface area contributed by atoms with Crippen LogP contribution in [0.25, 0.3) is 0 Å². The van der Waals surface area contributed by atoms with Crippen molar-refractivity contribution in [2.45, 2.75) is 47.0 Å². The number of alkyl halides is 17. The maximum atomic E-state index is 13.8. The van der Waals surface area contributed by atoms with Gasteiger partial charge in [0, 0.05) is 11.8 Å². The standard InChI is InChI=1S/C14H6F17NO3S/c15-7(16,9(19,20)11(23,24)13(27,28)29)8(17,18)10(21,22)12(25,26)14(30,31)36(33,34)35-6-3-1-2-5(32)4-6/h1-4H,32H2. The number of rotatable bonds is 9. The molecular weight excluding hydrogens is 585 g/mol. The van der Waals surface area contributed by atoms with Crippen LogP contribution in [0.1, 0.15) is 0 Å². The van der Waals surface area contributed by atoms with Crippen LogP contribution in [0, 0.1) is 0 Å². The zero-order valence-electron chi connectivity index (χ0n) is 15.9. The van der Waals surface area contributed by atoms with E-state index in [1.807, 2.05) is 0 Å². The van der Waals surface area contributed by atoms with Crippen LogP contribution >= 0.6 is 0 Å². The predicted octanol–water partition coefficient (Wildman–Crippen LogP) is 5.94. The summed E-state index contributed by atoms with van der Waals surface area (Å²) in [6.45, 7) is 0. The van der Waals surface area contributed by atoms with Crippen LogP contribution in [0.2, 0.25) is 0 Å². The normalized spacial score (nSPS) is 15.7. The fourth-order valence-electron chi connectivity index (χ4n) is 2.05. The van der Waals surface area contributed by atoms with Gasteiger partial charge in [-0.2, -0.15) is 83.1 Å². The van der Waals surface area contributed by atoms with Crippen molar-refractivity contribution in [3.63, 3.8) is 0 Å². The molecule has 2 N–H and O–H groups in total. The van der Waals surface area contributed by atoms with Crippen LogP contribution in [0.3, 0.4) is 0 Å². The highest BCUT2D eigenvalue weighted by Gasteiger charge is 2.96. The van der Waals surface area contributed by atoms with Crippen molar-refractivity contribution in [1.29, 1.82) is 0 Å². The Kier molecular flexibility index (Phi) is 7.28. The van der Waals surface area contributed by atoms with Crippen LogP contribution in [-0.2, 0) is 10.1 Å². The van der Waals surface area contributed by atoms with Crippen LogP contribution in [0.5, 0.6) is 5.75 Å². The summed E-state index contributed by atoms with van der Waals surface area (Å²) in [7, 11) is -7.68. The fourth-order valence-corrected chi connectivity index (χ4v) is 2.96. The van der Waals surface area contributed by atoms with E-state index < -0.39 is 68.5 Å². The van der Waals surface area contributed by atoms with E-state index in [2.05, 4.69) is 4.18 Å². The lowest BCUT2D eigenvalue weighted by Gasteiger charge is -2.42. The first kappa shape index (κ1) is 31.6. The van der Waals surface area contributed by atoms with E-state index in [9.17, 15) is 83.1 Å². The van der Waals surface area contributed by atoms with Gasteiger partial charge in [0.25, 0.3) is 0 Å². The molecule has 1 aromatic rings. The molecule has 0 saturated heterocycles. The first-order valence-electron chi connectivity index (χ1n) is 7.98. The molecule has 0 heterocycles. The summed E-state index contributed by atoms with van der Waals surface area (Å²) in [5.74, 6) is -53.5. The fraction of sp³-hybridized carbons (Fsp3) is 0.571. The summed E-state index contributed by atoms with van der Waals surface area (Å²) in [5.41, 5.74) is 4.45. The minimum atomic E-state index is -8.90. The molecule has 0 atom stereocenters. The van der Waals surface area contributed by atoms with Crippen molar-refractivity contribution in [1.82, 2.24) is 0 Å². The van der Waals surface area contributed by atoms with E-state index in [1.54, 1.807) is 0 Å². The first-order valence-corrected chi connectivity index (χ1v) is 9.39. The van der Waals surface area contributed by atoms with Gasteiger partial charge in [-0.3, -0.25) is 0 Å². The van der Waals surface area contributed by atoms with Crippen LogP contribution in [0.15, 0.2) is 24.3 Å². The molecule has 0 saturated carbocycles. The van der Waals surface area contributed by atoms with Gasteiger partial charge in [0.15, 0.2) is 0 Å². The molecule has 0 bridgehead atoms. The average Bonchev–Trinajstić information content (AvgIpc) is 2.65. The lowest BCUT2D eigenvalue weighted by atomic mass is 9.91. The van der Waals surface area contributed by atoms with Crippen molar-refractivity contribution < 1.29 is 87.2 Å². The molecular formula is C14H6F17NO3S. The van der Waals surface area contributed by atoms with Crippen molar-refractivity contribution in [2.75, 3.05) is 5.73 Å². The third-order valence-electron chi connectivity index (χ3n) is 4.07. The highest BCUT2D eigenvalue weighted by atomic mass is 32.2. The molecule has 0 radical (unpaired) electrons. The smallest absolute Gasteiger partial charge is 0.399 e. The Bertz CT molecular complexity index is 1080. The van der Waals surface area contributed by atoms with Gasteiger partial charge in [-0.05, 0) is 12.1 Å². The molecule has 1 rings (SSSR count). The number of halogens is 17. The van der Waals surface area contributed by atoms with Gasteiger partial charge in [-0.15, -0.1) is 0 Å². The predicted molar refractivity (Wildman–Crippen MR) is 81.1 cm³/mol. The lowest BCUT2D eigenvalue weighted by molar-refractivity contribution is -0.458. The number of hydrogen-bond acceptors (Lipinski definition) is 4. The monoisotopic (exact) mass is 591 g/mol. The Morgan fingerprint density at radius 2 is 0.944 bits per heavy atom. The van der Waals surface area contributed by atoms with Gasteiger partial charge in [-0.25, -0.2) is 0 Å².